The number of nitrogens with one attached hydrogen (secondary N) is 2. The molecule has 2 N–H and O–H groups in total. The Morgan fingerprint density at radius 1 is 0.909 bits per heavy atom. The molecular weight excluding hydrogens is 280 g/mol. The molecule has 6 heteroatoms. The van der Waals surface area contributed by atoms with Gasteiger partial charge in [-0.1, -0.05) is 27.0 Å². The van der Waals surface area contributed by atoms with Crippen LogP contribution in [0.1, 0.15) is 13.8 Å². The SMILES string of the molecule is C=CC(=O)NCCN(C)C.C=CC(=O)NCCN(CC)CC. The number of nitrogens with zero attached hydrogens (tertiary/aromatic N) is 2. The van der Waals surface area contributed by atoms with Crippen molar-refractivity contribution in [2.24, 2.45) is 0 Å². The van der Waals surface area contributed by atoms with Crippen molar-refractivity contribution in [3.8, 4) is 0 Å². The van der Waals surface area contributed by atoms with Crippen molar-refractivity contribution in [1.82, 2.24) is 20.4 Å². The van der Waals surface area contributed by atoms with Crippen molar-refractivity contribution in [2.75, 3.05) is 53.4 Å². The molecule has 0 spiro atoms. The summed E-state index contributed by atoms with van der Waals surface area (Å²) in [6, 6.07) is 0. The van der Waals surface area contributed by atoms with Crippen molar-refractivity contribution in [2.45, 2.75) is 13.8 Å². The summed E-state index contributed by atoms with van der Waals surface area (Å²) in [5.74, 6) is -0.205. The summed E-state index contributed by atoms with van der Waals surface area (Å²) in [5.41, 5.74) is 0. The molecular formula is C16H32N4O2. The number of hydrogen-bond acceptors (Lipinski definition) is 4. The standard InChI is InChI=1S/C9H18N2O.C7H14N2O/c1-4-9(12)10-7-8-11(5-2)6-3;1-4-7(10)8-5-6-9(2)3/h4H,1,5-8H2,2-3H3,(H,10,12);4H,1,5-6H2,2-3H3,(H,8,10). The monoisotopic (exact) mass is 312 g/mol. The minimum absolute atomic E-state index is 0.0952. The lowest BCUT2D eigenvalue weighted by atomic mass is 10.4. The molecule has 0 saturated carbocycles. The Morgan fingerprint density at radius 3 is 1.64 bits per heavy atom. The third-order valence-electron chi connectivity index (χ3n) is 2.85. The van der Waals surface area contributed by atoms with E-state index in [1.165, 1.54) is 12.2 Å². The van der Waals surface area contributed by atoms with Gasteiger partial charge in [0.25, 0.3) is 0 Å². The summed E-state index contributed by atoms with van der Waals surface area (Å²) in [6.07, 6.45) is 2.57. The topological polar surface area (TPSA) is 64.7 Å². The van der Waals surface area contributed by atoms with Crippen LogP contribution in [0.3, 0.4) is 0 Å². The van der Waals surface area contributed by atoms with Gasteiger partial charge in [0.1, 0.15) is 0 Å². The average molecular weight is 312 g/mol. The van der Waals surface area contributed by atoms with Gasteiger partial charge in [-0.25, -0.2) is 0 Å². The smallest absolute Gasteiger partial charge is 0.243 e. The van der Waals surface area contributed by atoms with Gasteiger partial charge in [-0.3, -0.25) is 9.59 Å². The van der Waals surface area contributed by atoms with E-state index >= 15 is 0 Å². The molecule has 0 aliphatic carbocycles. The highest BCUT2D eigenvalue weighted by Gasteiger charge is 1.98. The predicted octanol–water partition coefficient (Wildman–Crippen LogP) is 0.481. The van der Waals surface area contributed by atoms with Gasteiger partial charge in [0.2, 0.25) is 11.8 Å². The van der Waals surface area contributed by atoms with Crippen molar-refractivity contribution >= 4 is 11.8 Å². The van der Waals surface area contributed by atoms with E-state index in [4.69, 9.17) is 0 Å². The first-order valence-corrected chi connectivity index (χ1v) is 7.58. The molecule has 0 fully saturated rings. The second-order valence-corrected chi connectivity index (χ2v) is 4.82. The van der Waals surface area contributed by atoms with Crippen LogP contribution in [-0.4, -0.2) is 75.0 Å². The predicted molar refractivity (Wildman–Crippen MR) is 92.8 cm³/mol. The number of carbonyl (C=O) groups is 2. The highest BCUT2D eigenvalue weighted by molar-refractivity contribution is 5.87. The maximum Gasteiger partial charge on any atom is 0.243 e. The molecule has 0 bridgehead atoms. The molecule has 0 atom stereocenters. The van der Waals surface area contributed by atoms with Crippen LogP contribution in [0.25, 0.3) is 0 Å². The largest absolute Gasteiger partial charge is 0.351 e. The number of carbonyl (C=O) groups excluding carboxylic acids is 2. The fourth-order valence-electron chi connectivity index (χ4n) is 1.42. The van der Waals surface area contributed by atoms with Crippen LogP contribution < -0.4 is 10.6 Å². The van der Waals surface area contributed by atoms with Crippen LogP contribution >= 0.6 is 0 Å². The molecule has 6 nitrogen and oxygen atoms in total. The van der Waals surface area contributed by atoms with E-state index in [-0.39, 0.29) is 11.8 Å². The summed E-state index contributed by atoms with van der Waals surface area (Å²) in [7, 11) is 3.92. The molecule has 0 heterocycles. The van der Waals surface area contributed by atoms with E-state index in [0.29, 0.717) is 13.1 Å². The Morgan fingerprint density at radius 2 is 1.32 bits per heavy atom. The minimum Gasteiger partial charge on any atom is -0.351 e. The average Bonchev–Trinajstić information content (AvgIpc) is 2.51. The van der Waals surface area contributed by atoms with Gasteiger partial charge in [-0.05, 0) is 39.3 Å². The van der Waals surface area contributed by atoms with Gasteiger partial charge in [-0.2, -0.15) is 0 Å². The second kappa shape index (κ2) is 15.7. The fraction of sp³-hybridized carbons (Fsp3) is 0.625. The first kappa shape index (κ1) is 22.6. The molecule has 22 heavy (non-hydrogen) atoms. The summed E-state index contributed by atoms with van der Waals surface area (Å²) in [4.78, 5) is 25.5. The van der Waals surface area contributed by atoms with E-state index in [9.17, 15) is 9.59 Å². The van der Waals surface area contributed by atoms with Crippen molar-refractivity contribution < 1.29 is 9.59 Å². The zero-order valence-electron chi connectivity index (χ0n) is 14.5. The van der Waals surface area contributed by atoms with Crippen LogP contribution in [0, 0.1) is 0 Å². The third kappa shape index (κ3) is 16.4. The van der Waals surface area contributed by atoms with Crippen LogP contribution in [0.2, 0.25) is 0 Å². The van der Waals surface area contributed by atoms with Gasteiger partial charge in [0, 0.05) is 26.2 Å². The zero-order valence-corrected chi connectivity index (χ0v) is 14.5. The minimum atomic E-state index is -0.109. The van der Waals surface area contributed by atoms with Crippen molar-refractivity contribution in [1.29, 1.82) is 0 Å². The lowest BCUT2D eigenvalue weighted by molar-refractivity contribution is -0.117. The second-order valence-electron chi connectivity index (χ2n) is 4.82. The zero-order chi connectivity index (χ0) is 17.4. The van der Waals surface area contributed by atoms with E-state index < -0.39 is 0 Å². The van der Waals surface area contributed by atoms with E-state index in [1.54, 1.807) is 0 Å². The van der Waals surface area contributed by atoms with Gasteiger partial charge in [0.05, 0.1) is 0 Å². The van der Waals surface area contributed by atoms with Crippen LogP contribution in [0.15, 0.2) is 25.3 Å². The van der Waals surface area contributed by atoms with Crippen molar-refractivity contribution in [3.63, 3.8) is 0 Å². The Hall–Kier alpha value is -1.66. The van der Waals surface area contributed by atoms with Gasteiger partial charge >= 0.3 is 0 Å². The Kier molecular flexibility index (Phi) is 16.2. The van der Waals surface area contributed by atoms with Gasteiger partial charge in [-0.15, -0.1) is 0 Å². The van der Waals surface area contributed by atoms with E-state index in [2.05, 4.69) is 42.5 Å². The number of likely N-dealkylation sites (N-methyl/N-ethyl adjacent to an activating group) is 2. The molecule has 0 aromatic heterocycles. The number of rotatable bonds is 10. The molecule has 0 unspecified atom stereocenters. The van der Waals surface area contributed by atoms with Crippen LogP contribution in [0.5, 0.6) is 0 Å². The fourth-order valence-corrected chi connectivity index (χ4v) is 1.42. The Labute approximate surface area is 135 Å². The molecule has 0 rings (SSSR count). The third-order valence-corrected chi connectivity index (χ3v) is 2.85. The first-order valence-electron chi connectivity index (χ1n) is 7.58. The van der Waals surface area contributed by atoms with Crippen LogP contribution in [0.4, 0.5) is 0 Å². The van der Waals surface area contributed by atoms with E-state index in [0.717, 1.165) is 26.2 Å². The van der Waals surface area contributed by atoms with E-state index in [1.807, 2.05) is 19.0 Å². The Bertz CT molecular complexity index is 326. The molecule has 0 radical (unpaired) electrons. The molecule has 0 aromatic rings. The highest BCUT2D eigenvalue weighted by Crippen LogP contribution is 1.83. The molecule has 0 saturated heterocycles. The first-order chi connectivity index (χ1) is 10.4. The number of amides is 2. The summed E-state index contributed by atoms with van der Waals surface area (Å²) < 4.78 is 0. The summed E-state index contributed by atoms with van der Waals surface area (Å²) in [6.45, 7) is 16.1. The summed E-state index contributed by atoms with van der Waals surface area (Å²) >= 11 is 0. The molecule has 0 aromatic carbocycles. The molecule has 0 aliphatic heterocycles. The van der Waals surface area contributed by atoms with Gasteiger partial charge in [0.15, 0.2) is 0 Å². The lowest BCUT2D eigenvalue weighted by Crippen LogP contribution is -2.33. The summed E-state index contributed by atoms with van der Waals surface area (Å²) in [5, 5.41) is 5.40. The lowest BCUT2D eigenvalue weighted by Gasteiger charge is -2.17. The van der Waals surface area contributed by atoms with Crippen molar-refractivity contribution in [3.05, 3.63) is 25.3 Å². The normalized spacial score (nSPS) is 9.73. The highest BCUT2D eigenvalue weighted by atomic mass is 16.2. The quantitative estimate of drug-likeness (QED) is 0.576. The Balaban J connectivity index is 0. The maximum absolute atomic E-state index is 10.7. The van der Waals surface area contributed by atoms with Gasteiger partial charge < -0.3 is 20.4 Å². The number of hydrogen-bond donors (Lipinski definition) is 2. The molecule has 2 amide bonds. The maximum atomic E-state index is 10.7. The van der Waals surface area contributed by atoms with Crippen LogP contribution in [-0.2, 0) is 9.59 Å². The molecule has 0 aliphatic rings. The molecule has 128 valence electrons.